The van der Waals surface area contributed by atoms with Crippen molar-refractivity contribution in [2.24, 2.45) is 58.2 Å². The van der Waals surface area contributed by atoms with E-state index in [1.165, 1.54) is 44.1 Å². The summed E-state index contributed by atoms with van der Waals surface area (Å²) in [5, 5.41) is 0. The minimum atomic E-state index is 0.250. The van der Waals surface area contributed by atoms with Gasteiger partial charge in [0.25, 0.3) is 0 Å². The van der Waals surface area contributed by atoms with Gasteiger partial charge in [0.2, 0.25) is 0 Å². The molecule has 0 bridgehead atoms. The van der Waals surface area contributed by atoms with E-state index in [4.69, 9.17) is 16.2 Å². The van der Waals surface area contributed by atoms with Crippen molar-refractivity contribution in [2.75, 3.05) is 11.5 Å². The molecule has 37 heavy (non-hydrogen) atoms. The van der Waals surface area contributed by atoms with Crippen molar-refractivity contribution in [3.63, 3.8) is 0 Å². The molecule has 5 aliphatic carbocycles. The Hall–Kier alpha value is -1.90. The highest BCUT2D eigenvalue weighted by Gasteiger charge is 2.72. The third kappa shape index (κ3) is 3.80. The highest BCUT2D eigenvalue weighted by molar-refractivity contribution is 5.60. The van der Waals surface area contributed by atoms with E-state index in [-0.39, 0.29) is 6.10 Å². The number of hydrogen-bond donors (Lipinski definition) is 2. The predicted octanol–water partition coefficient (Wildman–Crippen LogP) is 8.27. The molecule has 0 saturated heterocycles. The first-order chi connectivity index (χ1) is 17.6. The molecule has 3 nitrogen and oxygen atoms in total. The highest BCUT2D eigenvalue weighted by Crippen LogP contribution is 2.77. The molecule has 4 fully saturated rings. The Morgan fingerprint density at radius 3 is 2.73 bits per heavy atom. The zero-order chi connectivity index (χ0) is 26.1. The third-order valence-corrected chi connectivity index (χ3v) is 12.5. The molecular weight excluding hydrogens is 452 g/mol. The van der Waals surface area contributed by atoms with E-state index < -0.39 is 0 Å². The molecule has 1 aromatic carbocycles. The smallest absolute Gasteiger partial charge is 0.142 e. The van der Waals surface area contributed by atoms with Gasteiger partial charge in [0.1, 0.15) is 5.75 Å². The minimum Gasteiger partial charge on any atom is -0.488 e. The molecule has 1 aromatic rings. The van der Waals surface area contributed by atoms with Gasteiger partial charge in [0.05, 0.1) is 11.8 Å². The lowest BCUT2D eigenvalue weighted by atomic mass is 9.30. The van der Waals surface area contributed by atoms with Crippen molar-refractivity contribution >= 4 is 11.4 Å². The normalized spacial score (nSPS) is 44.1. The molecule has 0 radical (unpaired) electrons. The van der Waals surface area contributed by atoms with Gasteiger partial charge in [0.15, 0.2) is 0 Å². The summed E-state index contributed by atoms with van der Waals surface area (Å²) in [7, 11) is 0. The van der Waals surface area contributed by atoms with Gasteiger partial charge in [0, 0.05) is 5.69 Å². The van der Waals surface area contributed by atoms with E-state index in [1.807, 2.05) is 18.2 Å². The van der Waals surface area contributed by atoms with Crippen LogP contribution < -0.4 is 16.2 Å². The minimum absolute atomic E-state index is 0.250. The molecule has 11 unspecified atom stereocenters. The maximum Gasteiger partial charge on any atom is 0.142 e. The van der Waals surface area contributed by atoms with Crippen LogP contribution in [0.3, 0.4) is 0 Å². The number of nitrogens with two attached hydrogens (primary N) is 2. The Morgan fingerprint density at radius 2 is 1.97 bits per heavy atom. The van der Waals surface area contributed by atoms with E-state index in [1.54, 1.807) is 0 Å². The Bertz CT molecular complexity index is 1090. The Morgan fingerprint density at radius 1 is 1.16 bits per heavy atom. The molecule has 202 valence electrons. The highest BCUT2D eigenvalue weighted by atomic mass is 16.5. The third-order valence-electron chi connectivity index (χ3n) is 12.5. The fourth-order valence-electron chi connectivity index (χ4n) is 10.9. The number of fused-ring (bicyclic) bond motifs is 2. The van der Waals surface area contributed by atoms with Crippen molar-refractivity contribution in [1.29, 1.82) is 0 Å². The van der Waals surface area contributed by atoms with Crippen LogP contribution in [0.2, 0.25) is 0 Å². The maximum atomic E-state index is 6.48. The van der Waals surface area contributed by atoms with Crippen molar-refractivity contribution in [3.8, 4) is 5.75 Å². The van der Waals surface area contributed by atoms with Crippen LogP contribution in [-0.4, -0.2) is 6.10 Å². The summed E-state index contributed by atoms with van der Waals surface area (Å²) in [6.45, 7) is 12.4. The molecular formula is C34H50N2O. The summed E-state index contributed by atoms with van der Waals surface area (Å²) in [6, 6.07) is 5.67. The molecule has 0 heterocycles. The van der Waals surface area contributed by atoms with Crippen LogP contribution in [0.15, 0.2) is 42.0 Å². The van der Waals surface area contributed by atoms with Gasteiger partial charge < -0.3 is 16.2 Å². The molecule has 11 atom stereocenters. The molecule has 0 aromatic heterocycles. The second kappa shape index (κ2) is 9.09. The largest absolute Gasteiger partial charge is 0.488 e. The van der Waals surface area contributed by atoms with Crippen LogP contribution in [-0.2, 0) is 0 Å². The molecule has 5 aliphatic rings. The van der Waals surface area contributed by atoms with Crippen LogP contribution in [0.1, 0.15) is 86.0 Å². The van der Waals surface area contributed by atoms with Crippen molar-refractivity contribution in [2.45, 2.75) is 92.1 Å². The first-order valence-electron chi connectivity index (χ1n) is 15.3. The molecule has 1 spiro atoms. The van der Waals surface area contributed by atoms with Gasteiger partial charge in [-0.05, 0) is 142 Å². The first kappa shape index (κ1) is 25.4. The summed E-state index contributed by atoms with van der Waals surface area (Å²) in [5.74, 6) is 7.51. The molecule has 6 rings (SSSR count). The van der Waals surface area contributed by atoms with Gasteiger partial charge in [-0.3, -0.25) is 0 Å². The predicted molar refractivity (Wildman–Crippen MR) is 155 cm³/mol. The lowest BCUT2D eigenvalue weighted by Crippen LogP contribution is -2.69. The Kier molecular flexibility index (Phi) is 6.24. The lowest BCUT2D eigenvalue weighted by Gasteiger charge is -2.74. The second-order valence-corrected chi connectivity index (χ2v) is 14.3. The van der Waals surface area contributed by atoms with Gasteiger partial charge in [-0.1, -0.05) is 44.6 Å². The fourth-order valence-corrected chi connectivity index (χ4v) is 10.9. The summed E-state index contributed by atoms with van der Waals surface area (Å²) >= 11 is 0. The van der Waals surface area contributed by atoms with Gasteiger partial charge >= 0.3 is 0 Å². The Balaban J connectivity index is 1.20. The summed E-state index contributed by atoms with van der Waals surface area (Å²) in [5.41, 5.74) is 16.0. The van der Waals surface area contributed by atoms with Gasteiger partial charge in [-0.2, -0.15) is 0 Å². The van der Waals surface area contributed by atoms with Crippen molar-refractivity contribution < 1.29 is 4.74 Å². The van der Waals surface area contributed by atoms with E-state index in [0.29, 0.717) is 28.1 Å². The average Bonchev–Trinajstić information content (AvgIpc) is 3.21. The van der Waals surface area contributed by atoms with Crippen LogP contribution >= 0.6 is 0 Å². The summed E-state index contributed by atoms with van der Waals surface area (Å²) in [4.78, 5) is 0. The number of hydrogen-bond acceptors (Lipinski definition) is 3. The molecule has 4 N–H and O–H groups in total. The van der Waals surface area contributed by atoms with Crippen molar-refractivity contribution in [3.05, 3.63) is 42.0 Å². The van der Waals surface area contributed by atoms with Crippen LogP contribution in [0.5, 0.6) is 5.75 Å². The van der Waals surface area contributed by atoms with E-state index in [0.717, 1.165) is 60.0 Å². The molecule has 0 aliphatic heterocycles. The van der Waals surface area contributed by atoms with Crippen LogP contribution in [0.4, 0.5) is 11.4 Å². The SMILES string of the molecule is CC(C)=CCCC(C)C1CCC2C3C=CC4CC(Oc5ccc(N)cc5N)CCC45C(C)C(CC12C)C35. The lowest BCUT2D eigenvalue weighted by molar-refractivity contribution is -0.244. The number of nitrogen functional groups attached to an aromatic ring is 2. The molecule has 0 amide bonds. The monoisotopic (exact) mass is 502 g/mol. The molecule has 4 saturated carbocycles. The zero-order valence-corrected chi connectivity index (χ0v) is 23.9. The van der Waals surface area contributed by atoms with Crippen LogP contribution in [0.25, 0.3) is 0 Å². The van der Waals surface area contributed by atoms with Gasteiger partial charge in [-0.15, -0.1) is 0 Å². The number of rotatable bonds is 6. The Labute approximate surface area is 225 Å². The van der Waals surface area contributed by atoms with E-state index >= 15 is 0 Å². The van der Waals surface area contributed by atoms with E-state index in [9.17, 15) is 0 Å². The average molecular weight is 503 g/mol. The number of benzene rings is 1. The summed E-state index contributed by atoms with van der Waals surface area (Å²) < 4.78 is 6.48. The molecule has 3 heteroatoms. The van der Waals surface area contributed by atoms with Gasteiger partial charge in [-0.25, -0.2) is 0 Å². The number of allylic oxidation sites excluding steroid dienone is 4. The maximum absolute atomic E-state index is 6.48. The van der Waals surface area contributed by atoms with E-state index in [2.05, 4.69) is 52.8 Å². The zero-order valence-electron chi connectivity index (χ0n) is 23.9. The van der Waals surface area contributed by atoms with Crippen molar-refractivity contribution in [1.82, 2.24) is 0 Å². The standard InChI is InChI=1S/C34H50N2O/c1-20(2)7-6-8-21(3)28-12-13-29-26-11-9-23-17-25(37-31-14-10-24(35)18-30(31)36)15-16-34(23)22(4)27(32(26)34)19-33(28,29)5/h7,9-11,14,18,21-23,25-29,32H,6,8,12-13,15-17,19,35-36H2,1-5H3. The first-order valence-corrected chi connectivity index (χ1v) is 15.3. The number of ether oxygens (including phenoxy) is 1. The summed E-state index contributed by atoms with van der Waals surface area (Å²) in [6.07, 6.45) is 18.6. The van der Waals surface area contributed by atoms with Crippen LogP contribution in [0, 0.1) is 58.2 Å². The number of anilines is 2. The second-order valence-electron chi connectivity index (χ2n) is 14.3. The topological polar surface area (TPSA) is 61.3 Å². The quantitative estimate of drug-likeness (QED) is 0.304. The fraction of sp³-hybridized carbons (Fsp3) is 0.706.